The van der Waals surface area contributed by atoms with Gasteiger partial charge in [0, 0.05) is 0 Å². The van der Waals surface area contributed by atoms with Crippen LogP contribution in [0.2, 0.25) is 51.9 Å². The fourth-order valence-electron chi connectivity index (χ4n) is 2.04. The van der Waals surface area contributed by atoms with Gasteiger partial charge in [0.05, 0.1) is 0 Å². The van der Waals surface area contributed by atoms with E-state index in [1.807, 2.05) is 0 Å². The fraction of sp³-hybridized carbons (Fsp3) is 0.917. The van der Waals surface area contributed by atoms with Gasteiger partial charge in [0.25, 0.3) is 0 Å². The molecular weight excluding hydrogens is 260 g/mol. The predicted molar refractivity (Wildman–Crippen MR) is 84.5 cm³/mol. The predicted octanol–water partition coefficient (Wildman–Crippen LogP) is 4.77. The Morgan fingerprint density at radius 1 is 0.765 bits per heavy atom. The van der Waals surface area contributed by atoms with Crippen LogP contribution in [0.3, 0.4) is 0 Å². The molecule has 0 atom stereocenters. The zero-order chi connectivity index (χ0) is 13.7. The van der Waals surface area contributed by atoms with Gasteiger partial charge in [0.1, 0.15) is 0 Å². The van der Waals surface area contributed by atoms with E-state index < -0.39 is 25.2 Å². The number of unbranched alkanes of at least 4 members (excludes halogenated alkanes) is 2. The minimum absolute atomic E-state index is 1.02. The minimum Gasteiger partial charge on any atom is -0.437 e. The van der Waals surface area contributed by atoms with E-state index >= 15 is 0 Å². The average molecular weight is 292 g/mol. The summed E-state index contributed by atoms with van der Waals surface area (Å²) >= 11 is 0. The summed E-state index contributed by atoms with van der Waals surface area (Å²) < 4.78 is 12.8. The van der Waals surface area contributed by atoms with Crippen molar-refractivity contribution in [3.05, 3.63) is 6.92 Å². The molecular formula is C12H31O2Si3. The van der Waals surface area contributed by atoms with Crippen molar-refractivity contribution in [3.63, 3.8) is 0 Å². The van der Waals surface area contributed by atoms with Crippen LogP contribution in [0.5, 0.6) is 0 Å². The van der Waals surface area contributed by atoms with Crippen molar-refractivity contribution in [1.29, 1.82) is 0 Å². The van der Waals surface area contributed by atoms with E-state index in [2.05, 4.69) is 52.8 Å². The topological polar surface area (TPSA) is 18.5 Å². The van der Waals surface area contributed by atoms with Crippen LogP contribution in [-0.4, -0.2) is 25.2 Å². The summed E-state index contributed by atoms with van der Waals surface area (Å²) in [6, 6.07) is 1.12. The van der Waals surface area contributed by atoms with E-state index in [1.54, 1.807) is 0 Å². The Labute approximate surface area is 112 Å². The maximum Gasteiger partial charge on any atom is 0.314 e. The smallest absolute Gasteiger partial charge is 0.314 e. The summed E-state index contributed by atoms with van der Waals surface area (Å²) in [5, 5.41) is 0. The maximum absolute atomic E-state index is 6.42. The second-order valence-electron chi connectivity index (χ2n) is 6.87. The first-order chi connectivity index (χ1) is 7.47. The molecule has 0 bridgehead atoms. The second kappa shape index (κ2) is 6.65. The molecule has 0 saturated carbocycles. The number of rotatable bonds is 8. The quantitative estimate of drug-likeness (QED) is 0.474. The van der Waals surface area contributed by atoms with Gasteiger partial charge in [0.15, 0.2) is 16.6 Å². The van der Waals surface area contributed by atoms with E-state index in [4.69, 9.17) is 8.23 Å². The lowest BCUT2D eigenvalue weighted by Gasteiger charge is -2.38. The first kappa shape index (κ1) is 17.6. The van der Waals surface area contributed by atoms with E-state index in [1.165, 1.54) is 12.8 Å². The Bertz CT molecular complexity index is 203. The third kappa shape index (κ3) is 10.2. The van der Waals surface area contributed by atoms with Crippen molar-refractivity contribution >= 4 is 25.2 Å². The molecule has 0 N–H and O–H groups in total. The Morgan fingerprint density at radius 3 is 1.47 bits per heavy atom. The molecule has 0 rings (SSSR count). The molecule has 0 aromatic carbocycles. The first-order valence-corrected chi connectivity index (χ1v) is 16.0. The third-order valence-electron chi connectivity index (χ3n) is 2.18. The molecule has 5 heteroatoms. The normalized spacial score (nSPS) is 14.1. The summed E-state index contributed by atoms with van der Waals surface area (Å²) in [6.07, 6.45) is 3.40. The summed E-state index contributed by atoms with van der Waals surface area (Å²) in [6.45, 7) is 19.7. The molecule has 0 heterocycles. The van der Waals surface area contributed by atoms with E-state index in [0.29, 0.717) is 0 Å². The highest BCUT2D eigenvalue weighted by atomic mass is 28.5. The zero-order valence-corrected chi connectivity index (χ0v) is 15.9. The lowest BCUT2D eigenvalue weighted by molar-refractivity contribution is 0.380. The molecule has 0 amide bonds. The van der Waals surface area contributed by atoms with Crippen molar-refractivity contribution in [3.8, 4) is 0 Å². The van der Waals surface area contributed by atoms with Crippen LogP contribution in [0.1, 0.15) is 19.3 Å². The second-order valence-corrected chi connectivity index (χ2v) is 19.7. The van der Waals surface area contributed by atoms with Crippen LogP contribution >= 0.6 is 0 Å². The molecule has 0 aliphatic carbocycles. The van der Waals surface area contributed by atoms with Gasteiger partial charge in [-0.25, -0.2) is 0 Å². The molecule has 0 aromatic heterocycles. The van der Waals surface area contributed by atoms with Crippen molar-refractivity contribution < 1.29 is 8.23 Å². The largest absolute Gasteiger partial charge is 0.437 e. The minimum atomic E-state index is -1.96. The van der Waals surface area contributed by atoms with Crippen LogP contribution in [0.4, 0.5) is 0 Å². The molecule has 2 nitrogen and oxygen atoms in total. The summed E-state index contributed by atoms with van der Waals surface area (Å²) in [4.78, 5) is 0. The van der Waals surface area contributed by atoms with Gasteiger partial charge >= 0.3 is 8.56 Å². The average Bonchev–Trinajstić information content (AvgIpc) is 1.96. The summed E-state index contributed by atoms with van der Waals surface area (Å²) in [7, 11) is -4.98. The van der Waals surface area contributed by atoms with Crippen molar-refractivity contribution in [2.24, 2.45) is 0 Å². The Morgan fingerprint density at radius 2 is 1.18 bits per heavy atom. The van der Waals surface area contributed by atoms with Gasteiger partial charge in [0.2, 0.25) is 0 Å². The monoisotopic (exact) mass is 291 g/mol. The highest BCUT2D eigenvalue weighted by Crippen LogP contribution is 2.26. The Hall–Kier alpha value is 0.571. The molecule has 103 valence electrons. The summed E-state index contributed by atoms with van der Waals surface area (Å²) in [5.74, 6) is 0. The summed E-state index contributed by atoms with van der Waals surface area (Å²) in [5.41, 5.74) is 0. The number of hydrogen-bond acceptors (Lipinski definition) is 2. The third-order valence-corrected chi connectivity index (χ3v) is 11.8. The van der Waals surface area contributed by atoms with Crippen LogP contribution in [-0.2, 0) is 8.23 Å². The van der Waals surface area contributed by atoms with Crippen molar-refractivity contribution in [2.45, 2.75) is 71.1 Å². The van der Waals surface area contributed by atoms with Crippen molar-refractivity contribution in [2.75, 3.05) is 0 Å². The molecule has 0 aliphatic rings. The van der Waals surface area contributed by atoms with Gasteiger partial charge in [-0.15, -0.1) is 0 Å². The van der Waals surface area contributed by atoms with E-state index in [-0.39, 0.29) is 0 Å². The standard InChI is InChI=1S/C12H31O2Si3/c1-9-10-11-12-17(8,13-15(2,3)4)14-16(5,6)7/h1,9-12H2,2-8H3. The van der Waals surface area contributed by atoms with Gasteiger partial charge in [-0.1, -0.05) is 26.2 Å². The van der Waals surface area contributed by atoms with E-state index in [0.717, 1.165) is 12.5 Å². The molecule has 1 radical (unpaired) electrons. The van der Waals surface area contributed by atoms with Crippen molar-refractivity contribution in [1.82, 2.24) is 0 Å². The van der Waals surface area contributed by atoms with Crippen LogP contribution in [0.15, 0.2) is 0 Å². The van der Waals surface area contributed by atoms with Gasteiger partial charge in [-0.3, -0.25) is 0 Å². The molecule has 0 aliphatic heterocycles. The van der Waals surface area contributed by atoms with Crippen LogP contribution in [0.25, 0.3) is 0 Å². The Kier molecular flexibility index (Phi) is 6.88. The lowest BCUT2D eigenvalue weighted by Crippen LogP contribution is -2.52. The molecule has 0 saturated heterocycles. The van der Waals surface area contributed by atoms with Gasteiger partial charge in [-0.05, 0) is 51.9 Å². The molecule has 0 unspecified atom stereocenters. The van der Waals surface area contributed by atoms with Crippen LogP contribution in [0, 0.1) is 6.92 Å². The van der Waals surface area contributed by atoms with E-state index in [9.17, 15) is 0 Å². The molecule has 17 heavy (non-hydrogen) atoms. The molecule has 0 fully saturated rings. The molecule has 0 spiro atoms. The maximum atomic E-state index is 6.42. The highest BCUT2D eigenvalue weighted by molar-refractivity contribution is 6.87. The molecule has 0 aromatic rings. The van der Waals surface area contributed by atoms with Gasteiger partial charge in [-0.2, -0.15) is 0 Å². The fourth-order valence-corrected chi connectivity index (χ4v) is 14.7. The van der Waals surface area contributed by atoms with Gasteiger partial charge < -0.3 is 8.23 Å². The Balaban J connectivity index is 4.57. The zero-order valence-electron chi connectivity index (χ0n) is 12.9. The first-order valence-electron chi connectivity index (χ1n) is 6.67. The lowest BCUT2D eigenvalue weighted by atomic mass is 10.3. The highest BCUT2D eigenvalue weighted by Gasteiger charge is 2.39. The van der Waals surface area contributed by atoms with Crippen LogP contribution < -0.4 is 0 Å². The number of hydrogen-bond donors (Lipinski definition) is 0. The SMILES string of the molecule is [CH2]CCCC[Si](C)(O[Si](C)(C)C)O[Si](C)(C)C.